The summed E-state index contributed by atoms with van der Waals surface area (Å²) in [7, 11) is 0.0568. The minimum absolute atomic E-state index is 0.0646. The second-order valence-electron chi connectivity index (χ2n) is 8.60. The first-order valence-corrected chi connectivity index (χ1v) is 13.2. The lowest BCUT2D eigenvalue weighted by atomic mass is 9.91. The van der Waals surface area contributed by atoms with Crippen LogP contribution >= 0.6 is 22.9 Å². The number of hydrogen-bond donors (Lipinski definition) is 1. The largest absolute Gasteiger partial charge is 0.469 e. The third-order valence-corrected chi connectivity index (χ3v) is 7.05. The van der Waals surface area contributed by atoms with Gasteiger partial charge in [-0.2, -0.15) is 0 Å². The molecule has 0 radical (unpaired) electrons. The first kappa shape index (κ1) is 29.6. The van der Waals surface area contributed by atoms with E-state index in [1.54, 1.807) is 24.3 Å². The molecule has 2 unspecified atom stereocenters. The Labute approximate surface area is 221 Å². The maximum atomic E-state index is 13.1. The number of carbonyl (C=O) groups is 2. The van der Waals surface area contributed by atoms with Crippen LogP contribution in [0.2, 0.25) is 4.34 Å². The summed E-state index contributed by atoms with van der Waals surface area (Å²) < 4.78 is 34.0. The monoisotopic (exact) mass is 554 g/mol. The van der Waals surface area contributed by atoms with E-state index < -0.39 is 22.9 Å². The van der Waals surface area contributed by atoms with E-state index in [0.29, 0.717) is 21.7 Å². The Morgan fingerprint density at radius 3 is 2.36 bits per heavy atom. The van der Waals surface area contributed by atoms with Gasteiger partial charge in [0.15, 0.2) is 0 Å². The van der Waals surface area contributed by atoms with Crippen LogP contribution in [0.25, 0.3) is 0 Å². The summed E-state index contributed by atoms with van der Waals surface area (Å²) in [4.78, 5) is 28.3. The molecule has 0 bridgehead atoms. The van der Waals surface area contributed by atoms with Gasteiger partial charge < -0.3 is 9.47 Å². The summed E-state index contributed by atoms with van der Waals surface area (Å²) in [6.07, 6.45) is -0.244. The number of pyridine rings is 1. The normalized spacial score (nSPS) is 12.6. The summed E-state index contributed by atoms with van der Waals surface area (Å²) in [6, 6.07) is 12.6. The first-order valence-electron chi connectivity index (χ1n) is 10.8. The van der Waals surface area contributed by atoms with Crippen LogP contribution in [0.4, 0.5) is 4.39 Å². The lowest BCUT2D eigenvalue weighted by molar-refractivity contribution is -0.143. The zero-order chi connectivity index (χ0) is 26.9. The van der Waals surface area contributed by atoms with Gasteiger partial charge in [0.05, 0.1) is 32.9 Å². The zero-order valence-corrected chi connectivity index (χ0v) is 22.7. The highest BCUT2D eigenvalue weighted by molar-refractivity contribution is 7.84. The van der Waals surface area contributed by atoms with Crippen molar-refractivity contribution in [3.05, 3.63) is 75.3 Å². The first-order chi connectivity index (χ1) is 16.9. The van der Waals surface area contributed by atoms with Crippen molar-refractivity contribution in [2.75, 3.05) is 7.11 Å². The number of esters is 1. The molecule has 2 aromatic heterocycles. The maximum absolute atomic E-state index is 13.1. The van der Waals surface area contributed by atoms with Crippen molar-refractivity contribution in [1.82, 2.24) is 4.98 Å². The quantitative estimate of drug-likeness (QED) is 0.279. The van der Waals surface area contributed by atoms with E-state index in [-0.39, 0.29) is 29.2 Å². The van der Waals surface area contributed by atoms with E-state index in [2.05, 4.69) is 9.72 Å². The van der Waals surface area contributed by atoms with Gasteiger partial charge in [-0.1, -0.05) is 17.7 Å². The van der Waals surface area contributed by atoms with Gasteiger partial charge >= 0.3 is 5.97 Å². The molecule has 0 saturated carbocycles. The predicted molar refractivity (Wildman–Crippen MR) is 140 cm³/mol. The number of aromatic nitrogens is 1. The molecular weight excluding hydrogens is 527 g/mol. The van der Waals surface area contributed by atoms with E-state index >= 15 is 0 Å². The number of carbonyl (C=O) groups excluding carboxylic acids is 2. The van der Waals surface area contributed by atoms with Crippen LogP contribution in [-0.4, -0.2) is 32.8 Å². The van der Waals surface area contributed by atoms with Gasteiger partial charge in [0.1, 0.15) is 23.8 Å². The number of ketones is 1. The number of rotatable bonds is 8. The molecule has 0 amide bonds. The molecule has 0 aliphatic heterocycles. The Kier molecular flexibility index (Phi) is 11.2. The summed E-state index contributed by atoms with van der Waals surface area (Å²) in [5, 5.41) is 6.90. The van der Waals surface area contributed by atoms with Gasteiger partial charge in [-0.25, -0.2) is 13.6 Å². The van der Waals surface area contributed by atoms with Crippen LogP contribution < -0.4 is 9.88 Å². The van der Waals surface area contributed by atoms with Crippen molar-refractivity contribution < 1.29 is 27.7 Å². The lowest BCUT2D eigenvalue weighted by Crippen LogP contribution is -2.27. The average molecular weight is 555 g/mol. The Hall–Kier alpha value is -2.66. The van der Waals surface area contributed by atoms with Crippen molar-refractivity contribution >= 4 is 45.7 Å². The van der Waals surface area contributed by atoms with Gasteiger partial charge in [-0.3, -0.25) is 14.7 Å². The minimum Gasteiger partial charge on any atom is -0.469 e. The molecule has 2 N–H and O–H groups in total. The maximum Gasteiger partial charge on any atom is 0.313 e. The van der Waals surface area contributed by atoms with Crippen molar-refractivity contribution in [2.45, 2.75) is 44.3 Å². The van der Waals surface area contributed by atoms with Crippen molar-refractivity contribution in [1.29, 1.82) is 0 Å². The minimum atomic E-state index is -1.18. The van der Waals surface area contributed by atoms with Crippen molar-refractivity contribution in [3.8, 4) is 11.6 Å². The van der Waals surface area contributed by atoms with Gasteiger partial charge in [0.2, 0.25) is 5.88 Å². The summed E-state index contributed by atoms with van der Waals surface area (Å²) in [5.41, 5.74) is 1.42. The van der Waals surface area contributed by atoms with Crippen molar-refractivity contribution in [2.24, 2.45) is 5.14 Å². The molecule has 2 heterocycles. The predicted octanol–water partition coefficient (Wildman–Crippen LogP) is 5.79. The Balaban J connectivity index is 0.000000572. The van der Waals surface area contributed by atoms with E-state index in [4.69, 9.17) is 21.5 Å². The SMILES string of the molecule is CC(C)(C)S(N)=O.COC(=O)CC(=O)CC(c1csc(Cl)c1)c1cccc(Oc2ccc(F)cc2)n1. The highest BCUT2D eigenvalue weighted by atomic mass is 35.5. The molecule has 3 rings (SSSR count). The Bertz CT molecular complexity index is 1200. The van der Waals surface area contributed by atoms with E-state index in [1.807, 2.05) is 26.2 Å². The van der Waals surface area contributed by atoms with Crippen LogP contribution in [-0.2, 0) is 25.3 Å². The van der Waals surface area contributed by atoms with Crippen LogP contribution in [0.3, 0.4) is 0 Å². The fourth-order valence-electron chi connectivity index (χ4n) is 2.74. The molecule has 3 aromatic rings. The number of nitrogens with two attached hydrogens (primary N) is 1. The Morgan fingerprint density at radius 1 is 1.19 bits per heavy atom. The molecule has 194 valence electrons. The number of halogens is 2. The van der Waals surface area contributed by atoms with Crippen LogP contribution in [0, 0.1) is 5.82 Å². The number of benzene rings is 1. The van der Waals surface area contributed by atoms with E-state index in [1.165, 1.54) is 42.7 Å². The summed E-state index contributed by atoms with van der Waals surface area (Å²) >= 11 is 7.42. The number of hydrogen-bond acceptors (Lipinski definition) is 7. The highest BCUT2D eigenvalue weighted by Crippen LogP contribution is 2.34. The number of thiophene rings is 1. The third kappa shape index (κ3) is 9.77. The second kappa shape index (κ2) is 13.6. The number of methoxy groups -OCH3 is 1. The van der Waals surface area contributed by atoms with Crippen LogP contribution in [0.5, 0.6) is 11.6 Å². The molecule has 2 atom stereocenters. The molecule has 0 fully saturated rings. The van der Waals surface area contributed by atoms with Crippen LogP contribution in [0.1, 0.15) is 50.8 Å². The Morgan fingerprint density at radius 2 is 1.83 bits per heavy atom. The third-order valence-electron chi connectivity index (χ3n) is 4.73. The van der Waals surface area contributed by atoms with E-state index in [0.717, 1.165) is 5.56 Å². The summed E-state index contributed by atoms with van der Waals surface area (Å²) in [6.45, 7) is 5.51. The topological polar surface area (TPSA) is 109 Å². The molecule has 1 aromatic carbocycles. The molecular formula is C25H28ClFN2O5S2. The molecule has 36 heavy (non-hydrogen) atoms. The standard InChI is InChI=1S/C21H17ClFNO4S.C4H11NOS/c1-27-21(26)11-15(25)10-17(13-9-19(22)29-12-13)18-3-2-4-20(24-18)28-16-7-5-14(23)6-8-16;1-4(2,3)7(5)6/h2-9,12,17H,10-11H2,1H3;5H2,1-3H3. The number of Topliss-reactive ketones (excluding diaryl/α,β-unsaturated/α-hetero) is 1. The highest BCUT2D eigenvalue weighted by Gasteiger charge is 2.23. The smallest absolute Gasteiger partial charge is 0.313 e. The lowest BCUT2D eigenvalue weighted by Gasteiger charge is -2.16. The average Bonchev–Trinajstić information content (AvgIpc) is 3.24. The van der Waals surface area contributed by atoms with Gasteiger partial charge in [0.25, 0.3) is 0 Å². The summed E-state index contributed by atoms with van der Waals surface area (Å²) in [5.74, 6) is -0.867. The fourth-order valence-corrected chi connectivity index (χ4v) is 3.68. The molecule has 7 nitrogen and oxygen atoms in total. The molecule has 0 aliphatic carbocycles. The van der Waals surface area contributed by atoms with E-state index in [9.17, 15) is 18.2 Å². The number of nitrogens with zero attached hydrogens (tertiary/aromatic N) is 1. The molecule has 0 aliphatic rings. The van der Waals surface area contributed by atoms with Crippen LogP contribution in [0.15, 0.2) is 53.9 Å². The zero-order valence-electron chi connectivity index (χ0n) is 20.3. The molecule has 0 saturated heterocycles. The van der Waals surface area contributed by atoms with Gasteiger partial charge in [0, 0.05) is 18.4 Å². The molecule has 11 heteroatoms. The fraction of sp³-hybridized carbons (Fsp3) is 0.320. The van der Waals surface area contributed by atoms with Gasteiger partial charge in [-0.15, -0.1) is 11.3 Å². The van der Waals surface area contributed by atoms with Crippen molar-refractivity contribution in [3.63, 3.8) is 0 Å². The second-order valence-corrected chi connectivity index (χ2v) is 12.0. The number of ether oxygens (including phenoxy) is 2. The molecule has 0 spiro atoms. The van der Waals surface area contributed by atoms with Gasteiger partial charge in [-0.05, 0) is 68.1 Å².